The van der Waals surface area contributed by atoms with E-state index in [9.17, 15) is 4.79 Å². The van der Waals surface area contributed by atoms with Crippen LogP contribution < -0.4 is 5.32 Å². The number of morpholine rings is 1. The maximum Gasteiger partial charge on any atom is 0.240 e. The lowest BCUT2D eigenvalue weighted by molar-refractivity contribution is -0.140. The van der Waals surface area contributed by atoms with Gasteiger partial charge in [0.05, 0.1) is 31.0 Å². The molecule has 6 heteroatoms. The smallest absolute Gasteiger partial charge is 0.240 e. The van der Waals surface area contributed by atoms with E-state index in [1.54, 1.807) is 0 Å². The van der Waals surface area contributed by atoms with E-state index in [2.05, 4.69) is 29.3 Å². The van der Waals surface area contributed by atoms with Crippen LogP contribution in [-0.2, 0) is 22.6 Å². The number of aromatic nitrogens is 2. The summed E-state index contributed by atoms with van der Waals surface area (Å²) in [6.07, 6.45) is 5.37. The largest absolute Gasteiger partial charge is 0.379 e. The van der Waals surface area contributed by atoms with Crippen LogP contribution >= 0.6 is 0 Å². The normalized spacial score (nSPS) is 20.6. The van der Waals surface area contributed by atoms with Gasteiger partial charge in [0.2, 0.25) is 5.91 Å². The number of rotatable bonds is 5. The number of carbonyl (C=O) groups is 1. The molecule has 1 saturated carbocycles. The van der Waals surface area contributed by atoms with E-state index >= 15 is 0 Å². The molecule has 1 amide bonds. The lowest BCUT2D eigenvalue weighted by Crippen LogP contribution is -2.62. The van der Waals surface area contributed by atoms with Crippen molar-refractivity contribution < 1.29 is 9.53 Å². The first-order chi connectivity index (χ1) is 13.2. The second-order valence-corrected chi connectivity index (χ2v) is 7.65. The summed E-state index contributed by atoms with van der Waals surface area (Å²) in [7, 11) is 0. The number of aryl methyl sites for hydroxylation is 1. The number of amides is 1. The van der Waals surface area contributed by atoms with E-state index in [1.165, 1.54) is 6.42 Å². The summed E-state index contributed by atoms with van der Waals surface area (Å²) in [6.45, 7) is 6.55. The van der Waals surface area contributed by atoms with Crippen LogP contribution in [-0.4, -0.2) is 52.4 Å². The monoisotopic (exact) mass is 370 g/mol. The van der Waals surface area contributed by atoms with Gasteiger partial charge in [0.25, 0.3) is 0 Å². The number of fused-ring (bicyclic) bond motifs is 1. The Labute approximate surface area is 160 Å². The van der Waals surface area contributed by atoms with Gasteiger partial charge in [-0.25, -0.2) is 0 Å². The molecule has 0 spiro atoms. The molecular formula is C21H30N4O2. The zero-order valence-corrected chi connectivity index (χ0v) is 16.2. The van der Waals surface area contributed by atoms with Crippen molar-refractivity contribution in [3.05, 3.63) is 30.0 Å². The van der Waals surface area contributed by atoms with Gasteiger partial charge in [-0.15, -0.1) is 0 Å². The van der Waals surface area contributed by atoms with Gasteiger partial charge in [-0.3, -0.25) is 14.4 Å². The highest BCUT2D eigenvalue weighted by Crippen LogP contribution is 2.34. The second kappa shape index (κ2) is 7.98. The zero-order valence-electron chi connectivity index (χ0n) is 16.2. The van der Waals surface area contributed by atoms with Crippen molar-refractivity contribution >= 4 is 16.8 Å². The van der Waals surface area contributed by atoms with E-state index in [-0.39, 0.29) is 11.4 Å². The van der Waals surface area contributed by atoms with Crippen LogP contribution in [0.1, 0.15) is 44.7 Å². The first-order valence-corrected chi connectivity index (χ1v) is 10.3. The summed E-state index contributed by atoms with van der Waals surface area (Å²) < 4.78 is 7.53. The first-order valence-electron chi connectivity index (χ1n) is 10.3. The topological polar surface area (TPSA) is 59.4 Å². The Morgan fingerprint density at radius 1 is 1.19 bits per heavy atom. The Balaban J connectivity index is 1.53. The maximum atomic E-state index is 13.4. The molecular weight excluding hydrogens is 340 g/mol. The predicted octanol–water partition coefficient (Wildman–Crippen LogP) is 2.71. The molecule has 1 aromatic heterocycles. The third kappa shape index (κ3) is 3.48. The SMILES string of the molecule is CCn1nc(CNC(=O)C2(N3CCOCC3)CCCCC2)c2ccccc21. The van der Waals surface area contributed by atoms with Crippen molar-refractivity contribution in [2.24, 2.45) is 0 Å². The number of para-hydroxylation sites is 1. The minimum absolute atomic E-state index is 0.166. The van der Waals surface area contributed by atoms with Crippen LogP contribution in [0, 0.1) is 0 Å². The molecule has 4 rings (SSSR count). The molecule has 146 valence electrons. The molecule has 0 unspecified atom stereocenters. The van der Waals surface area contributed by atoms with Gasteiger partial charge in [-0.1, -0.05) is 37.5 Å². The number of nitrogens with one attached hydrogen (secondary N) is 1. The number of benzene rings is 1. The first kappa shape index (κ1) is 18.4. The fourth-order valence-corrected chi connectivity index (χ4v) is 4.71. The fraction of sp³-hybridized carbons (Fsp3) is 0.619. The van der Waals surface area contributed by atoms with Crippen LogP contribution in [0.25, 0.3) is 10.9 Å². The van der Waals surface area contributed by atoms with Crippen molar-refractivity contribution in [3.63, 3.8) is 0 Å². The fourth-order valence-electron chi connectivity index (χ4n) is 4.71. The Morgan fingerprint density at radius 2 is 1.93 bits per heavy atom. The van der Waals surface area contributed by atoms with Gasteiger partial charge in [-0.05, 0) is 25.8 Å². The Bertz CT molecular complexity index is 789. The Kier molecular flexibility index (Phi) is 5.45. The minimum Gasteiger partial charge on any atom is -0.379 e. The molecule has 2 fully saturated rings. The molecule has 2 aliphatic rings. The van der Waals surface area contributed by atoms with Crippen molar-refractivity contribution in [2.75, 3.05) is 26.3 Å². The van der Waals surface area contributed by atoms with Crippen molar-refractivity contribution in [1.82, 2.24) is 20.0 Å². The quantitative estimate of drug-likeness (QED) is 0.879. The molecule has 0 radical (unpaired) electrons. The van der Waals surface area contributed by atoms with E-state index in [1.807, 2.05) is 16.8 Å². The Morgan fingerprint density at radius 3 is 2.67 bits per heavy atom. The highest BCUT2D eigenvalue weighted by Gasteiger charge is 2.44. The summed E-state index contributed by atoms with van der Waals surface area (Å²) >= 11 is 0. The molecule has 2 aromatic rings. The van der Waals surface area contributed by atoms with E-state index in [4.69, 9.17) is 9.84 Å². The summed E-state index contributed by atoms with van der Waals surface area (Å²) in [5.74, 6) is 0.166. The number of ether oxygens (including phenoxy) is 1. The van der Waals surface area contributed by atoms with Crippen LogP contribution in [0.2, 0.25) is 0 Å². The van der Waals surface area contributed by atoms with Gasteiger partial charge < -0.3 is 10.1 Å². The summed E-state index contributed by atoms with van der Waals surface area (Å²) in [6, 6.07) is 8.25. The van der Waals surface area contributed by atoms with Crippen molar-refractivity contribution in [1.29, 1.82) is 0 Å². The molecule has 1 aliphatic heterocycles. The van der Waals surface area contributed by atoms with E-state index < -0.39 is 0 Å². The average molecular weight is 370 g/mol. The van der Waals surface area contributed by atoms with Gasteiger partial charge >= 0.3 is 0 Å². The standard InChI is InChI=1S/C21H30N4O2/c1-2-25-19-9-5-4-8-17(19)18(23-25)16-22-20(26)21(10-6-3-7-11-21)24-12-14-27-15-13-24/h4-5,8-9H,2-3,6-7,10-16H2,1H3,(H,22,26). The molecule has 0 atom stereocenters. The molecule has 1 N–H and O–H groups in total. The van der Waals surface area contributed by atoms with Gasteiger partial charge in [0.15, 0.2) is 0 Å². The third-order valence-electron chi connectivity index (χ3n) is 6.17. The lowest BCUT2D eigenvalue weighted by atomic mass is 9.79. The Hall–Kier alpha value is -1.92. The van der Waals surface area contributed by atoms with Crippen LogP contribution in [0.5, 0.6) is 0 Å². The predicted molar refractivity (Wildman–Crippen MR) is 105 cm³/mol. The summed E-state index contributed by atoms with van der Waals surface area (Å²) in [5.41, 5.74) is 1.71. The molecule has 27 heavy (non-hydrogen) atoms. The van der Waals surface area contributed by atoms with Crippen LogP contribution in [0.15, 0.2) is 24.3 Å². The molecule has 6 nitrogen and oxygen atoms in total. The summed E-state index contributed by atoms with van der Waals surface area (Å²) in [4.78, 5) is 15.7. The number of nitrogens with zero attached hydrogens (tertiary/aromatic N) is 3. The average Bonchev–Trinajstić information content (AvgIpc) is 3.11. The van der Waals surface area contributed by atoms with E-state index in [0.717, 1.165) is 75.1 Å². The van der Waals surface area contributed by atoms with Gasteiger partial charge in [0, 0.05) is 25.0 Å². The number of hydrogen-bond donors (Lipinski definition) is 1. The molecule has 1 aliphatic carbocycles. The van der Waals surface area contributed by atoms with Crippen LogP contribution in [0.4, 0.5) is 0 Å². The molecule has 0 bridgehead atoms. The van der Waals surface area contributed by atoms with E-state index in [0.29, 0.717) is 6.54 Å². The van der Waals surface area contributed by atoms with Crippen LogP contribution in [0.3, 0.4) is 0 Å². The maximum absolute atomic E-state index is 13.4. The second-order valence-electron chi connectivity index (χ2n) is 7.65. The van der Waals surface area contributed by atoms with Gasteiger partial charge in [0.1, 0.15) is 5.54 Å². The van der Waals surface area contributed by atoms with Crippen molar-refractivity contribution in [2.45, 2.75) is 57.7 Å². The number of carbonyl (C=O) groups excluding carboxylic acids is 1. The minimum atomic E-state index is -0.370. The highest BCUT2D eigenvalue weighted by atomic mass is 16.5. The third-order valence-corrected chi connectivity index (χ3v) is 6.17. The molecule has 2 heterocycles. The zero-order chi connectivity index (χ0) is 18.7. The van der Waals surface area contributed by atoms with Crippen molar-refractivity contribution in [3.8, 4) is 0 Å². The number of hydrogen-bond acceptors (Lipinski definition) is 4. The molecule has 1 saturated heterocycles. The van der Waals surface area contributed by atoms with Gasteiger partial charge in [-0.2, -0.15) is 5.10 Å². The summed E-state index contributed by atoms with van der Waals surface area (Å²) in [5, 5.41) is 9.10. The highest BCUT2D eigenvalue weighted by molar-refractivity contribution is 5.87. The molecule has 1 aromatic carbocycles. The lowest BCUT2D eigenvalue weighted by Gasteiger charge is -2.46.